The Morgan fingerprint density at radius 3 is 2.95 bits per heavy atom. The number of amides is 1. The van der Waals surface area contributed by atoms with Crippen LogP contribution in [0.1, 0.15) is 15.9 Å². The molecule has 0 saturated carbocycles. The number of anilines is 1. The number of hydrogen-bond donors (Lipinski definition) is 1. The van der Waals surface area contributed by atoms with Crippen molar-refractivity contribution in [2.24, 2.45) is 0 Å². The first kappa shape index (κ1) is 11.5. The molecule has 2 heterocycles. The van der Waals surface area contributed by atoms with Gasteiger partial charge in [0.2, 0.25) is 0 Å². The molecule has 0 aliphatic carbocycles. The average Bonchev–Trinajstić information content (AvgIpc) is 2.86. The lowest BCUT2D eigenvalue weighted by Gasteiger charge is -2.07. The lowest BCUT2D eigenvalue weighted by Crippen LogP contribution is -2.13. The van der Waals surface area contributed by atoms with E-state index in [0.29, 0.717) is 11.2 Å². The van der Waals surface area contributed by atoms with Crippen LogP contribution in [0.4, 0.5) is 5.69 Å². The summed E-state index contributed by atoms with van der Waals surface area (Å²) in [5.41, 5.74) is 3.12. The van der Waals surface area contributed by atoms with Crippen LogP contribution in [0.2, 0.25) is 0 Å². The second kappa shape index (κ2) is 4.57. The maximum atomic E-state index is 12.3. The number of nitrogens with zero attached hydrogens (tertiary/aromatic N) is 2. The number of aromatic nitrogens is 2. The van der Waals surface area contributed by atoms with Gasteiger partial charge in [0, 0.05) is 24.3 Å². The van der Waals surface area contributed by atoms with Crippen LogP contribution < -0.4 is 5.32 Å². The normalized spacial score (nSPS) is 10.6. The van der Waals surface area contributed by atoms with E-state index in [1.807, 2.05) is 54.0 Å². The molecular formula is C15H13N3O. The average molecular weight is 251 g/mol. The number of hydrogen-bond acceptors (Lipinski definition) is 2. The van der Waals surface area contributed by atoms with Gasteiger partial charge in [0.05, 0.1) is 5.56 Å². The van der Waals surface area contributed by atoms with E-state index in [2.05, 4.69) is 10.3 Å². The third-order valence-electron chi connectivity index (χ3n) is 2.94. The highest BCUT2D eigenvalue weighted by molar-refractivity contribution is 6.08. The minimum absolute atomic E-state index is 0.151. The number of pyridine rings is 1. The first-order valence-corrected chi connectivity index (χ1v) is 6.04. The van der Waals surface area contributed by atoms with Gasteiger partial charge in [-0.25, -0.2) is 4.98 Å². The van der Waals surface area contributed by atoms with Crippen molar-refractivity contribution >= 4 is 17.2 Å². The summed E-state index contributed by atoms with van der Waals surface area (Å²) in [7, 11) is 0. The lowest BCUT2D eigenvalue weighted by atomic mass is 10.2. The van der Waals surface area contributed by atoms with Gasteiger partial charge in [0.25, 0.3) is 5.91 Å². The summed E-state index contributed by atoms with van der Waals surface area (Å²) in [5, 5.41) is 2.89. The first-order valence-electron chi connectivity index (χ1n) is 6.04. The quantitative estimate of drug-likeness (QED) is 0.761. The van der Waals surface area contributed by atoms with Crippen molar-refractivity contribution in [1.29, 1.82) is 0 Å². The molecule has 0 bridgehead atoms. The molecule has 0 spiro atoms. The molecule has 3 rings (SSSR count). The number of benzene rings is 1. The summed E-state index contributed by atoms with van der Waals surface area (Å²) in [6.07, 6.45) is 5.36. The van der Waals surface area contributed by atoms with Crippen LogP contribution in [0.3, 0.4) is 0 Å². The second-order valence-corrected chi connectivity index (χ2v) is 4.40. The third-order valence-corrected chi connectivity index (χ3v) is 2.94. The van der Waals surface area contributed by atoms with E-state index in [4.69, 9.17) is 0 Å². The molecule has 0 aliphatic rings. The molecule has 94 valence electrons. The minimum Gasteiger partial charge on any atom is -0.322 e. The Kier molecular flexibility index (Phi) is 2.76. The SMILES string of the molecule is Cc1cccc(NC(=O)c2cccn3ccnc23)c1. The molecule has 4 heteroatoms. The summed E-state index contributed by atoms with van der Waals surface area (Å²) in [6, 6.07) is 11.3. The Hall–Kier alpha value is -2.62. The summed E-state index contributed by atoms with van der Waals surface area (Å²) in [6.45, 7) is 1.99. The number of aryl methyl sites for hydroxylation is 1. The predicted molar refractivity (Wildman–Crippen MR) is 74.3 cm³/mol. The van der Waals surface area contributed by atoms with E-state index >= 15 is 0 Å². The van der Waals surface area contributed by atoms with E-state index < -0.39 is 0 Å². The summed E-state index contributed by atoms with van der Waals surface area (Å²) < 4.78 is 1.82. The number of carbonyl (C=O) groups excluding carboxylic acids is 1. The largest absolute Gasteiger partial charge is 0.322 e. The van der Waals surface area contributed by atoms with E-state index in [1.54, 1.807) is 12.3 Å². The minimum atomic E-state index is -0.151. The van der Waals surface area contributed by atoms with Crippen molar-refractivity contribution in [2.45, 2.75) is 6.92 Å². The monoisotopic (exact) mass is 251 g/mol. The van der Waals surface area contributed by atoms with Gasteiger partial charge in [-0.05, 0) is 36.8 Å². The van der Waals surface area contributed by atoms with Crippen LogP contribution in [0.25, 0.3) is 5.65 Å². The smallest absolute Gasteiger partial charge is 0.259 e. The molecule has 1 aromatic carbocycles. The lowest BCUT2D eigenvalue weighted by molar-refractivity contribution is 0.102. The molecule has 1 N–H and O–H groups in total. The molecule has 0 saturated heterocycles. The van der Waals surface area contributed by atoms with Gasteiger partial charge in [-0.15, -0.1) is 0 Å². The fraction of sp³-hybridized carbons (Fsp3) is 0.0667. The first-order chi connectivity index (χ1) is 9.24. The fourth-order valence-electron chi connectivity index (χ4n) is 2.05. The molecule has 0 aliphatic heterocycles. The Labute approximate surface area is 110 Å². The van der Waals surface area contributed by atoms with Crippen molar-refractivity contribution in [3.63, 3.8) is 0 Å². The highest BCUT2D eigenvalue weighted by Crippen LogP contribution is 2.14. The number of nitrogens with one attached hydrogen (secondary N) is 1. The van der Waals surface area contributed by atoms with Crippen LogP contribution in [0.5, 0.6) is 0 Å². The van der Waals surface area contributed by atoms with Crippen LogP contribution in [-0.4, -0.2) is 15.3 Å². The van der Waals surface area contributed by atoms with Crippen molar-refractivity contribution in [2.75, 3.05) is 5.32 Å². The highest BCUT2D eigenvalue weighted by Gasteiger charge is 2.11. The van der Waals surface area contributed by atoms with Gasteiger partial charge in [0.15, 0.2) is 0 Å². The number of fused-ring (bicyclic) bond motifs is 1. The van der Waals surface area contributed by atoms with Gasteiger partial charge in [-0.1, -0.05) is 12.1 Å². The molecule has 1 amide bonds. The Morgan fingerprint density at radius 2 is 2.11 bits per heavy atom. The van der Waals surface area contributed by atoms with Gasteiger partial charge < -0.3 is 9.72 Å². The van der Waals surface area contributed by atoms with Gasteiger partial charge in [-0.2, -0.15) is 0 Å². The van der Waals surface area contributed by atoms with Crippen molar-refractivity contribution in [3.8, 4) is 0 Å². The molecule has 0 atom stereocenters. The maximum absolute atomic E-state index is 12.3. The second-order valence-electron chi connectivity index (χ2n) is 4.40. The van der Waals surface area contributed by atoms with Crippen LogP contribution in [-0.2, 0) is 0 Å². The van der Waals surface area contributed by atoms with E-state index in [-0.39, 0.29) is 5.91 Å². The van der Waals surface area contributed by atoms with Crippen LogP contribution in [0, 0.1) is 6.92 Å². The Balaban J connectivity index is 1.94. The summed E-state index contributed by atoms with van der Waals surface area (Å²) in [5.74, 6) is -0.151. The molecule has 3 aromatic rings. The van der Waals surface area contributed by atoms with Crippen molar-refractivity contribution in [1.82, 2.24) is 9.38 Å². The van der Waals surface area contributed by atoms with Crippen LogP contribution >= 0.6 is 0 Å². The number of rotatable bonds is 2. The molecular weight excluding hydrogens is 238 g/mol. The van der Waals surface area contributed by atoms with Crippen LogP contribution in [0.15, 0.2) is 55.0 Å². The summed E-state index contributed by atoms with van der Waals surface area (Å²) in [4.78, 5) is 16.5. The zero-order chi connectivity index (χ0) is 13.2. The Morgan fingerprint density at radius 1 is 1.21 bits per heavy atom. The third kappa shape index (κ3) is 2.20. The molecule has 0 radical (unpaired) electrons. The van der Waals surface area contributed by atoms with E-state index in [0.717, 1.165) is 11.3 Å². The zero-order valence-electron chi connectivity index (χ0n) is 10.5. The topological polar surface area (TPSA) is 46.4 Å². The fourth-order valence-corrected chi connectivity index (χ4v) is 2.05. The number of imidazole rings is 1. The van der Waals surface area contributed by atoms with E-state index in [9.17, 15) is 4.79 Å². The van der Waals surface area contributed by atoms with Crippen molar-refractivity contribution < 1.29 is 4.79 Å². The molecule has 4 nitrogen and oxygen atoms in total. The van der Waals surface area contributed by atoms with Gasteiger partial charge in [-0.3, -0.25) is 4.79 Å². The van der Waals surface area contributed by atoms with Crippen molar-refractivity contribution in [3.05, 3.63) is 66.1 Å². The molecule has 0 fully saturated rings. The molecule has 2 aromatic heterocycles. The van der Waals surface area contributed by atoms with Gasteiger partial charge >= 0.3 is 0 Å². The zero-order valence-corrected chi connectivity index (χ0v) is 10.5. The summed E-state index contributed by atoms with van der Waals surface area (Å²) >= 11 is 0. The highest BCUT2D eigenvalue weighted by atomic mass is 16.1. The maximum Gasteiger partial charge on any atom is 0.259 e. The molecule has 0 unspecified atom stereocenters. The molecule has 19 heavy (non-hydrogen) atoms. The number of carbonyl (C=O) groups is 1. The van der Waals surface area contributed by atoms with Gasteiger partial charge in [0.1, 0.15) is 5.65 Å². The predicted octanol–water partition coefficient (Wildman–Crippen LogP) is 2.90. The standard InChI is InChI=1S/C15H13N3O/c1-11-4-2-5-12(10-11)17-15(19)13-6-3-8-18-9-7-16-14(13)18/h2-10H,1H3,(H,17,19). The Bertz CT molecular complexity index is 746. The van der Waals surface area contributed by atoms with E-state index in [1.165, 1.54) is 0 Å².